The van der Waals surface area contributed by atoms with Crippen molar-refractivity contribution in [2.75, 3.05) is 26.3 Å². The molecular weight excluding hydrogens is 532 g/mol. The molecule has 0 aromatic rings. The lowest BCUT2D eigenvalue weighted by molar-refractivity contribution is -0.228. The third-order valence-corrected chi connectivity index (χ3v) is 13.5. The first-order chi connectivity index (χ1) is 19.8. The molecule has 2 aliphatic heterocycles. The number of aliphatic hydroxyl groups is 2. The van der Waals surface area contributed by atoms with Crippen molar-refractivity contribution >= 4 is 0 Å². The molecule has 42 heavy (non-hydrogen) atoms. The molecule has 0 aromatic heterocycles. The van der Waals surface area contributed by atoms with E-state index in [1.807, 2.05) is 6.92 Å². The topological polar surface area (TPSA) is 115 Å². The standard InChI is InChI=1S/C34H60N2O6/c1-7-39-29(31(4,5)38)22-11-10-21-27(41-22)26(37)28(35)32(21,6)15-16-33-13-8-9-23-30(2,3)24(12-14-34(23,33)20-33)42-25-19-36-17-18-40-25/h21-29,36-38H,7-20,35H2,1-6H3. The lowest BCUT2D eigenvalue weighted by atomic mass is 9.53. The highest BCUT2D eigenvalue weighted by Gasteiger charge is 2.75. The highest BCUT2D eigenvalue weighted by atomic mass is 16.7. The van der Waals surface area contributed by atoms with Crippen molar-refractivity contribution in [3.05, 3.63) is 0 Å². The Hall–Kier alpha value is -0.320. The van der Waals surface area contributed by atoms with E-state index in [1.54, 1.807) is 13.8 Å². The summed E-state index contributed by atoms with van der Waals surface area (Å²) in [7, 11) is 0. The van der Waals surface area contributed by atoms with Crippen molar-refractivity contribution in [1.29, 1.82) is 0 Å². The quantitative estimate of drug-likeness (QED) is 0.316. The largest absolute Gasteiger partial charge is 0.389 e. The fourth-order valence-electron chi connectivity index (χ4n) is 11.2. The molecule has 4 aliphatic carbocycles. The predicted molar refractivity (Wildman–Crippen MR) is 162 cm³/mol. The average molecular weight is 593 g/mol. The van der Waals surface area contributed by atoms with E-state index in [-0.39, 0.29) is 47.4 Å². The minimum atomic E-state index is -1.02. The number of hydrogen-bond acceptors (Lipinski definition) is 8. The molecule has 2 saturated heterocycles. The molecule has 12 unspecified atom stereocenters. The van der Waals surface area contributed by atoms with Crippen molar-refractivity contribution in [1.82, 2.24) is 5.32 Å². The Labute approximate surface area is 254 Å². The maximum Gasteiger partial charge on any atom is 0.170 e. The third kappa shape index (κ3) is 5.03. The Morgan fingerprint density at radius 2 is 1.88 bits per heavy atom. The lowest BCUT2D eigenvalue weighted by Crippen LogP contribution is -2.53. The number of aliphatic hydroxyl groups excluding tert-OH is 1. The Kier molecular flexibility index (Phi) is 8.43. The minimum Gasteiger partial charge on any atom is -0.389 e. The van der Waals surface area contributed by atoms with Crippen molar-refractivity contribution in [3.8, 4) is 0 Å². The highest BCUT2D eigenvalue weighted by Crippen LogP contribution is 2.82. The number of rotatable bonds is 9. The van der Waals surface area contributed by atoms with E-state index >= 15 is 0 Å². The Morgan fingerprint density at radius 1 is 1.10 bits per heavy atom. The zero-order chi connectivity index (χ0) is 30.1. The van der Waals surface area contributed by atoms with Gasteiger partial charge in [-0.25, -0.2) is 0 Å². The van der Waals surface area contributed by atoms with E-state index in [2.05, 4.69) is 26.1 Å². The molecule has 4 saturated carbocycles. The van der Waals surface area contributed by atoms with Gasteiger partial charge in [0.25, 0.3) is 0 Å². The van der Waals surface area contributed by atoms with Gasteiger partial charge in [-0.2, -0.15) is 0 Å². The maximum atomic E-state index is 11.4. The van der Waals surface area contributed by atoms with E-state index in [0.29, 0.717) is 23.4 Å². The second kappa shape index (κ2) is 11.2. The van der Waals surface area contributed by atoms with E-state index in [0.717, 1.165) is 45.4 Å². The zero-order valence-electron chi connectivity index (χ0n) is 27.2. The molecule has 1 spiro atoms. The first-order valence-corrected chi connectivity index (χ1v) is 17.2. The number of hydrogen-bond donors (Lipinski definition) is 4. The molecule has 2 heterocycles. The summed E-state index contributed by atoms with van der Waals surface area (Å²) >= 11 is 0. The van der Waals surface area contributed by atoms with Gasteiger partial charge in [-0.1, -0.05) is 27.2 Å². The SMILES string of the molecule is CCOC(C1CCC2C(O1)C(O)C(N)C2(C)CCC12CCCC3C(C)(C)C(OC4CNCCO4)CCC31C2)C(C)(C)O. The summed E-state index contributed by atoms with van der Waals surface area (Å²) in [5.74, 6) is 0.895. The lowest BCUT2D eigenvalue weighted by Gasteiger charge is -2.54. The summed E-state index contributed by atoms with van der Waals surface area (Å²) in [6.07, 6.45) is 10.1. The zero-order valence-corrected chi connectivity index (χ0v) is 27.2. The molecule has 8 nitrogen and oxygen atoms in total. The van der Waals surface area contributed by atoms with Gasteiger partial charge in [-0.15, -0.1) is 0 Å². The molecule has 8 heteroatoms. The molecule has 242 valence electrons. The van der Waals surface area contributed by atoms with Crippen LogP contribution < -0.4 is 11.1 Å². The van der Waals surface area contributed by atoms with Crippen LogP contribution >= 0.6 is 0 Å². The molecule has 5 N–H and O–H groups in total. The molecule has 12 atom stereocenters. The van der Waals surface area contributed by atoms with Gasteiger partial charge in [0.1, 0.15) is 6.10 Å². The molecule has 0 amide bonds. The average Bonchev–Trinajstić information content (AvgIpc) is 3.59. The molecule has 6 rings (SSSR count). The normalized spacial score (nSPS) is 49.1. The summed E-state index contributed by atoms with van der Waals surface area (Å²) in [6.45, 7) is 15.7. The number of ether oxygens (including phenoxy) is 4. The van der Waals surface area contributed by atoms with Gasteiger partial charge in [-0.05, 0) is 112 Å². The van der Waals surface area contributed by atoms with Gasteiger partial charge >= 0.3 is 0 Å². The number of fused-ring (bicyclic) bond motifs is 1. The van der Waals surface area contributed by atoms with Crippen LogP contribution in [0.25, 0.3) is 0 Å². The third-order valence-electron chi connectivity index (χ3n) is 13.5. The molecule has 6 aliphatic rings. The minimum absolute atomic E-state index is 0.125. The second-order valence-corrected chi connectivity index (χ2v) is 16.4. The summed E-state index contributed by atoms with van der Waals surface area (Å²) < 4.78 is 25.1. The van der Waals surface area contributed by atoms with Crippen molar-refractivity contribution in [3.63, 3.8) is 0 Å². The Balaban J connectivity index is 1.14. The Morgan fingerprint density at radius 3 is 2.57 bits per heavy atom. The van der Waals surface area contributed by atoms with Gasteiger partial charge in [0.2, 0.25) is 0 Å². The molecule has 6 fully saturated rings. The summed E-state index contributed by atoms with van der Waals surface area (Å²) in [5.41, 5.74) is 6.64. The summed E-state index contributed by atoms with van der Waals surface area (Å²) in [6, 6.07) is -0.311. The van der Waals surface area contributed by atoms with Crippen LogP contribution in [0.15, 0.2) is 0 Å². The summed E-state index contributed by atoms with van der Waals surface area (Å²) in [5, 5.41) is 25.6. The van der Waals surface area contributed by atoms with E-state index in [4.69, 9.17) is 24.7 Å². The van der Waals surface area contributed by atoms with Crippen LogP contribution in [0.3, 0.4) is 0 Å². The monoisotopic (exact) mass is 592 g/mol. The van der Waals surface area contributed by atoms with Crippen molar-refractivity contribution in [2.45, 2.75) is 154 Å². The van der Waals surface area contributed by atoms with Crippen LogP contribution in [0.5, 0.6) is 0 Å². The molecular formula is C34H60N2O6. The van der Waals surface area contributed by atoms with Crippen LogP contribution in [0.1, 0.15) is 106 Å². The number of morpholine rings is 1. The maximum absolute atomic E-state index is 11.4. The fraction of sp³-hybridized carbons (Fsp3) is 1.00. The van der Waals surface area contributed by atoms with Gasteiger partial charge < -0.3 is 40.2 Å². The molecule has 0 aromatic carbocycles. The number of nitrogens with one attached hydrogen (secondary N) is 1. The van der Waals surface area contributed by atoms with Crippen molar-refractivity contribution in [2.24, 2.45) is 39.2 Å². The Bertz CT molecular complexity index is 966. The van der Waals surface area contributed by atoms with E-state index < -0.39 is 17.8 Å². The first kappa shape index (κ1) is 31.7. The van der Waals surface area contributed by atoms with Gasteiger partial charge in [-0.3, -0.25) is 0 Å². The van der Waals surface area contributed by atoms with Gasteiger partial charge in [0.05, 0.1) is 36.6 Å². The van der Waals surface area contributed by atoms with Crippen LogP contribution in [0.2, 0.25) is 0 Å². The number of nitrogens with two attached hydrogens (primary N) is 1. The molecule has 0 radical (unpaired) electrons. The highest BCUT2D eigenvalue weighted by molar-refractivity contribution is 5.24. The predicted octanol–water partition coefficient (Wildman–Crippen LogP) is 4.14. The smallest absolute Gasteiger partial charge is 0.170 e. The van der Waals surface area contributed by atoms with Crippen LogP contribution in [0.4, 0.5) is 0 Å². The van der Waals surface area contributed by atoms with Gasteiger partial charge in [0, 0.05) is 25.7 Å². The fourth-order valence-corrected chi connectivity index (χ4v) is 11.2. The van der Waals surface area contributed by atoms with E-state index in [9.17, 15) is 10.2 Å². The van der Waals surface area contributed by atoms with E-state index in [1.165, 1.54) is 38.5 Å². The second-order valence-electron chi connectivity index (χ2n) is 16.4. The van der Waals surface area contributed by atoms with Crippen LogP contribution in [-0.2, 0) is 18.9 Å². The molecule has 0 bridgehead atoms. The van der Waals surface area contributed by atoms with Crippen molar-refractivity contribution < 1.29 is 29.2 Å². The summed E-state index contributed by atoms with van der Waals surface area (Å²) in [4.78, 5) is 0. The first-order valence-electron chi connectivity index (χ1n) is 17.2. The van der Waals surface area contributed by atoms with Crippen LogP contribution in [0, 0.1) is 33.5 Å². The van der Waals surface area contributed by atoms with Gasteiger partial charge in [0.15, 0.2) is 6.29 Å². The van der Waals surface area contributed by atoms with Crippen LogP contribution in [-0.4, -0.2) is 85.0 Å².